The maximum absolute atomic E-state index is 6.24. The molecule has 1 fully saturated rings. The molecule has 8 nitrogen and oxygen atoms in total. The summed E-state index contributed by atoms with van der Waals surface area (Å²) in [5.41, 5.74) is 1.33. The molecule has 0 radical (unpaired) electrons. The van der Waals surface area contributed by atoms with Gasteiger partial charge in [-0.25, -0.2) is 9.73 Å². The standard InChI is InChI=1S/C34H38N5O3P/c1-4-5-21-40-32-30-31(39(25-35-30)22-26-23-41-34(2,3)42-24-26)36-33(37-32)38-43(27-15-9-6-10-16-27,28-17-11-7-12-18-28)29-19-13-8-14-20-29/h6-20,25-26H,4-5,21-24H2,1-3H3. The number of rotatable bonds is 10. The SMILES string of the molecule is CCCCOc1nc(N=P(c2ccccc2)(c2ccccc2)c2ccccc2)nc2c1ncn2CC1COC(C)(C)OC1. The molecule has 0 aliphatic carbocycles. The molecule has 9 heteroatoms. The minimum absolute atomic E-state index is 0.162. The van der Waals surface area contributed by atoms with Gasteiger partial charge in [-0.1, -0.05) is 104 Å². The first-order valence-electron chi connectivity index (χ1n) is 14.9. The van der Waals surface area contributed by atoms with Gasteiger partial charge >= 0.3 is 0 Å². The van der Waals surface area contributed by atoms with E-state index in [0.717, 1.165) is 28.8 Å². The lowest BCUT2D eigenvalue weighted by Gasteiger charge is -2.35. The fourth-order valence-corrected chi connectivity index (χ4v) is 8.71. The van der Waals surface area contributed by atoms with Crippen LogP contribution in [-0.4, -0.2) is 45.1 Å². The fourth-order valence-electron chi connectivity index (χ4n) is 5.30. The average Bonchev–Trinajstić information content (AvgIpc) is 3.45. The zero-order valence-electron chi connectivity index (χ0n) is 25.0. The molecule has 3 heterocycles. The van der Waals surface area contributed by atoms with Crippen LogP contribution in [0.15, 0.2) is 102 Å². The summed E-state index contributed by atoms with van der Waals surface area (Å²) in [7, 11) is -2.58. The molecule has 2 aromatic heterocycles. The molecule has 0 saturated carbocycles. The molecule has 3 aromatic carbocycles. The molecule has 0 bridgehead atoms. The van der Waals surface area contributed by atoms with Gasteiger partial charge < -0.3 is 18.8 Å². The summed E-state index contributed by atoms with van der Waals surface area (Å²) in [5.74, 6) is 0.430. The van der Waals surface area contributed by atoms with Crippen LogP contribution in [0, 0.1) is 5.92 Å². The van der Waals surface area contributed by atoms with E-state index in [2.05, 4.69) is 79.7 Å². The molecular weight excluding hydrogens is 557 g/mol. The Morgan fingerprint density at radius 3 is 1.95 bits per heavy atom. The Hall–Kier alpha value is -3.84. The predicted octanol–water partition coefficient (Wildman–Crippen LogP) is 6.21. The lowest BCUT2D eigenvalue weighted by molar-refractivity contribution is -0.263. The third kappa shape index (κ3) is 6.28. The van der Waals surface area contributed by atoms with Crippen molar-refractivity contribution in [1.82, 2.24) is 19.5 Å². The highest BCUT2D eigenvalue weighted by molar-refractivity contribution is 7.87. The molecule has 0 unspecified atom stereocenters. The molecular formula is C34H38N5O3P. The van der Waals surface area contributed by atoms with Crippen LogP contribution in [0.4, 0.5) is 5.95 Å². The molecule has 6 rings (SSSR count). The van der Waals surface area contributed by atoms with Crippen LogP contribution in [0.3, 0.4) is 0 Å². The Bertz CT molecular complexity index is 1590. The summed E-state index contributed by atoms with van der Waals surface area (Å²) in [4.78, 5) is 14.7. The third-order valence-electron chi connectivity index (χ3n) is 7.57. The van der Waals surface area contributed by atoms with Crippen molar-refractivity contribution in [2.45, 2.75) is 45.9 Å². The zero-order valence-corrected chi connectivity index (χ0v) is 25.9. The van der Waals surface area contributed by atoms with E-state index in [1.54, 1.807) is 0 Å². The lowest BCUT2D eigenvalue weighted by atomic mass is 10.1. The molecule has 1 aliphatic rings. The fraction of sp³-hybridized carbons (Fsp3) is 0.324. The molecule has 0 N–H and O–H groups in total. The Labute approximate surface area is 253 Å². The first-order valence-corrected chi connectivity index (χ1v) is 16.7. The topological polar surface area (TPSA) is 83.7 Å². The van der Waals surface area contributed by atoms with Crippen molar-refractivity contribution in [3.05, 3.63) is 97.3 Å². The van der Waals surface area contributed by atoms with Gasteiger partial charge in [-0.05, 0) is 20.3 Å². The Morgan fingerprint density at radius 1 is 0.860 bits per heavy atom. The van der Waals surface area contributed by atoms with Gasteiger partial charge in [-0.15, -0.1) is 0 Å². The highest BCUT2D eigenvalue weighted by atomic mass is 31.2. The summed E-state index contributed by atoms with van der Waals surface area (Å²) in [5, 5.41) is 3.37. The second kappa shape index (κ2) is 12.8. The molecule has 0 spiro atoms. The number of hydrogen-bond donors (Lipinski definition) is 0. The molecule has 1 saturated heterocycles. The van der Waals surface area contributed by atoms with E-state index in [4.69, 9.17) is 33.9 Å². The monoisotopic (exact) mass is 595 g/mol. The van der Waals surface area contributed by atoms with Crippen LogP contribution in [0.25, 0.3) is 11.2 Å². The van der Waals surface area contributed by atoms with E-state index in [-0.39, 0.29) is 5.92 Å². The van der Waals surface area contributed by atoms with Crippen molar-refractivity contribution in [1.29, 1.82) is 0 Å². The van der Waals surface area contributed by atoms with Gasteiger partial charge in [0.15, 0.2) is 17.0 Å². The summed E-state index contributed by atoms with van der Waals surface area (Å²) in [6, 6.07) is 31.5. The van der Waals surface area contributed by atoms with Gasteiger partial charge in [0, 0.05) is 28.4 Å². The van der Waals surface area contributed by atoms with Crippen molar-refractivity contribution in [2.24, 2.45) is 10.7 Å². The number of nitrogens with zero attached hydrogens (tertiary/aromatic N) is 5. The van der Waals surface area contributed by atoms with Crippen LogP contribution in [0.1, 0.15) is 33.6 Å². The molecule has 43 heavy (non-hydrogen) atoms. The Kier molecular flexibility index (Phi) is 8.70. The highest BCUT2D eigenvalue weighted by Crippen LogP contribution is 2.48. The van der Waals surface area contributed by atoms with E-state index in [1.165, 1.54) is 0 Å². The Morgan fingerprint density at radius 2 is 1.42 bits per heavy atom. The van der Waals surface area contributed by atoms with E-state index in [9.17, 15) is 0 Å². The van der Waals surface area contributed by atoms with Crippen molar-refractivity contribution in [2.75, 3.05) is 19.8 Å². The van der Waals surface area contributed by atoms with E-state index in [1.807, 2.05) is 42.9 Å². The molecule has 222 valence electrons. The normalized spacial score (nSPS) is 15.4. The molecule has 1 aliphatic heterocycles. The van der Waals surface area contributed by atoms with Crippen molar-refractivity contribution < 1.29 is 14.2 Å². The minimum Gasteiger partial charge on any atom is -0.476 e. The summed E-state index contributed by atoms with van der Waals surface area (Å²) in [6.07, 6.45) is 3.74. The van der Waals surface area contributed by atoms with Crippen molar-refractivity contribution >= 4 is 40.1 Å². The molecule has 5 aromatic rings. The van der Waals surface area contributed by atoms with Gasteiger partial charge in [0.1, 0.15) is 0 Å². The number of imidazole rings is 1. The van der Waals surface area contributed by atoms with Crippen LogP contribution in [-0.2, 0) is 16.0 Å². The van der Waals surface area contributed by atoms with Crippen LogP contribution < -0.4 is 20.7 Å². The maximum Gasteiger partial charge on any atom is 0.254 e. The second-order valence-electron chi connectivity index (χ2n) is 11.2. The minimum atomic E-state index is -2.58. The van der Waals surface area contributed by atoms with E-state index >= 15 is 0 Å². The first-order chi connectivity index (χ1) is 21.0. The lowest BCUT2D eigenvalue weighted by Crippen LogP contribution is -2.40. The molecule has 0 amide bonds. The number of unbranched alkanes of at least 4 members (excludes halogenated alkanes) is 1. The van der Waals surface area contributed by atoms with Gasteiger partial charge in [-0.2, -0.15) is 9.97 Å². The van der Waals surface area contributed by atoms with Gasteiger partial charge in [-0.3, -0.25) is 0 Å². The van der Waals surface area contributed by atoms with E-state index in [0.29, 0.717) is 49.4 Å². The van der Waals surface area contributed by atoms with Crippen molar-refractivity contribution in [3.8, 4) is 5.88 Å². The average molecular weight is 596 g/mol. The second-order valence-corrected chi connectivity index (χ2v) is 14.2. The predicted molar refractivity (Wildman–Crippen MR) is 172 cm³/mol. The van der Waals surface area contributed by atoms with Crippen LogP contribution >= 0.6 is 7.05 Å². The van der Waals surface area contributed by atoms with Gasteiger partial charge in [0.05, 0.1) is 33.2 Å². The van der Waals surface area contributed by atoms with Gasteiger partial charge in [0.2, 0.25) is 5.88 Å². The third-order valence-corrected chi connectivity index (χ3v) is 11.2. The zero-order chi connectivity index (χ0) is 29.7. The highest BCUT2D eigenvalue weighted by Gasteiger charge is 2.30. The smallest absolute Gasteiger partial charge is 0.254 e. The first kappa shape index (κ1) is 29.2. The van der Waals surface area contributed by atoms with E-state index < -0.39 is 12.8 Å². The molecule has 0 atom stereocenters. The largest absolute Gasteiger partial charge is 0.476 e. The summed E-state index contributed by atoms with van der Waals surface area (Å²) >= 11 is 0. The number of benzene rings is 3. The quantitative estimate of drug-likeness (QED) is 0.141. The van der Waals surface area contributed by atoms with Crippen LogP contribution in [0.5, 0.6) is 5.88 Å². The van der Waals surface area contributed by atoms with Crippen LogP contribution in [0.2, 0.25) is 0 Å². The maximum atomic E-state index is 6.24. The summed E-state index contributed by atoms with van der Waals surface area (Å²) < 4.78 is 25.7. The number of ether oxygens (including phenoxy) is 3. The summed E-state index contributed by atoms with van der Waals surface area (Å²) in [6.45, 7) is 8.41. The number of hydrogen-bond acceptors (Lipinski definition) is 7. The van der Waals surface area contributed by atoms with Crippen molar-refractivity contribution in [3.63, 3.8) is 0 Å². The van der Waals surface area contributed by atoms with Gasteiger partial charge in [0.25, 0.3) is 5.95 Å². The number of aromatic nitrogens is 4. The Balaban J connectivity index is 1.55. The number of fused-ring (bicyclic) bond motifs is 1.